The minimum Gasteiger partial charge on any atom is -0.504 e. The van der Waals surface area contributed by atoms with Crippen LogP contribution in [0, 0.1) is 11.3 Å². The van der Waals surface area contributed by atoms with Crippen LogP contribution in [0.5, 0.6) is 11.5 Å². The number of phenolic OH excluding ortho intramolecular Hbond substituents is 1. The number of methoxy groups -OCH3 is 1. The van der Waals surface area contributed by atoms with Crippen LogP contribution in [0.3, 0.4) is 0 Å². The minimum absolute atomic E-state index is 0.00886. The number of benzene rings is 1. The van der Waals surface area contributed by atoms with Crippen LogP contribution in [0.25, 0.3) is 11.0 Å². The number of imidazole rings is 1. The number of pyridine rings is 1. The fourth-order valence-electron chi connectivity index (χ4n) is 2.19. The van der Waals surface area contributed by atoms with E-state index in [1.807, 2.05) is 6.07 Å². The molecule has 0 saturated carbocycles. The third kappa shape index (κ3) is 3.93. The molecule has 0 amide bonds. The van der Waals surface area contributed by atoms with Gasteiger partial charge in [0.25, 0.3) is 0 Å². The van der Waals surface area contributed by atoms with Crippen molar-refractivity contribution in [2.45, 2.75) is 11.4 Å². The van der Waals surface area contributed by atoms with Crippen LogP contribution >= 0.6 is 11.8 Å². The van der Waals surface area contributed by atoms with Crippen LogP contribution < -0.4 is 10.1 Å². The van der Waals surface area contributed by atoms with Crippen molar-refractivity contribution >= 4 is 28.5 Å². The third-order valence-corrected chi connectivity index (χ3v) is 4.30. The second-order valence-electron chi connectivity index (χ2n) is 5.10. The van der Waals surface area contributed by atoms with Crippen LogP contribution in [0.4, 0.5) is 5.69 Å². The van der Waals surface area contributed by atoms with Crippen LogP contribution in [-0.4, -0.2) is 44.3 Å². The average molecular weight is 357 g/mol. The van der Waals surface area contributed by atoms with Crippen molar-refractivity contribution < 1.29 is 14.9 Å². The van der Waals surface area contributed by atoms with Crippen molar-refractivity contribution in [2.75, 3.05) is 18.2 Å². The van der Waals surface area contributed by atoms with Gasteiger partial charge in [-0.1, -0.05) is 11.8 Å². The number of rotatable bonds is 6. The SMILES string of the molecule is COc1ccc(NC(O)CSc2nc3cc(C#N)ncc3[nH]2)cc1O. The molecule has 25 heavy (non-hydrogen) atoms. The molecule has 8 nitrogen and oxygen atoms in total. The fraction of sp³-hybridized carbons (Fsp3) is 0.188. The number of anilines is 1. The van der Waals surface area contributed by atoms with Gasteiger partial charge in [0.2, 0.25) is 0 Å². The molecular formula is C16H15N5O3S. The largest absolute Gasteiger partial charge is 0.504 e. The molecule has 0 bridgehead atoms. The number of hydrogen-bond acceptors (Lipinski definition) is 8. The molecule has 3 aromatic rings. The Morgan fingerprint density at radius 3 is 3.00 bits per heavy atom. The van der Waals surface area contributed by atoms with Gasteiger partial charge in [0.15, 0.2) is 16.7 Å². The molecule has 4 N–H and O–H groups in total. The molecule has 0 fully saturated rings. The molecule has 0 aliphatic heterocycles. The first kappa shape index (κ1) is 16.9. The molecule has 9 heteroatoms. The molecule has 1 aromatic carbocycles. The maximum atomic E-state index is 10.1. The number of aliphatic hydroxyl groups excluding tert-OH is 1. The highest BCUT2D eigenvalue weighted by atomic mass is 32.2. The predicted octanol–water partition coefficient (Wildman–Crippen LogP) is 2.07. The van der Waals surface area contributed by atoms with E-state index in [1.165, 1.54) is 24.9 Å². The number of aliphatic hydroxyl groups is 1. The number of aromatic amines is 1. The molecule has 128 valence electrons. The van der Waals surface area contributed by atoms with Crippen molar-refractivity contribution in [1.29, 1.82) is 5.26 Å². The standard InChI is InChI=1S/C16H15N5O3S/c1-24-14-3-2-9(5-13(14)22)19-15(23)8-25-16-20-11-4-10(6-17)18-7-12(11)21-16/h2-5,7,15,19,22-23H,8H2,1H3,(H,20,21). The number of aromatic hydroxyl groups is 1. The number of nitrogens with zero attached hydrogens (tertiary/aromatic N) is 3. The van der Waals surface area contributed by atoms with Crippen molar-refractivity contribution in [3.8, 4) is 17.6 Å². The summed E-state index contributed by atoms with van der Waals surface area (Å²) >= 11 is 1.32. The van der Waals surface area contributed by atoms with Gasteiger partial charge in [0.1, 0.15) is 18.0 Å². The maximum absolute atomic E-state index is 10.1. The molecule has 0 saturated heterocycles. The Balaban J connectivity index is 1.61. The molecule has 0 aliphatic carbocycles. The van der Waals surface area contributed by atoms with E-state index in [4.69, 9.17) is 10.00 Å². The summed E-state index contributed by atoms with van der Waals surface area (Å²) in [5.74, 6) is 0.679. The van der Waals surface area contributed by atoms with Gasteiger partial charge in [-0.3, -0.25) is 0 Å². The Kier molecular flexibility index (Phi) is 4.92. The van der Waals surface area contributed by atoms with Gasteiger partial charge in [-0.2, -0.15) is 5.26 Å². The summed E-state index contributed by atoms with van der Waals surface area (Å²) in [4.78, 5) is 11.4. The van der Waals surface area contributed by atoms with Gasteiger partial charge >= 0.3 is 0 Å². The molecule has 1 unspecified atom stereocenters. The van der Waals surface area contributed by atoms with Crippen LogP contribution in [0.1, 0.15) is 5.69 Å². The Morgan fingerprint density at radius 2 is 2.28 bits per heavy atom. The molecule has 2 heterocycles. The first-order chi connectivity index (χ1) is 12.1. The van der Waals surface area contributed by atoms with Gasteiger partial charge < -0.3 is 25.3 Å². The summed E-state index contributed by atoms with van der Waals surface area (Å²) in [5, 5.41) is 32.2. The topological polar surface area (TPSA) is 127 Å². The molecule has 0 radical (unpaired) electrons. The highest BCUT2D eigenvalue weighted by Gasteiger charge is 2.10. The third-order valence-electron chi connectivity index (χ3n) is 3.35. The average Bonchev–Trinajstić information content (AvgIpc) is 3.02. The minimum atomic E-state index is -0.848. The zero-order valence-corrected chi connectivity index (χ0v) is 14.0. The van der Waals surface area contributed by atoms with Gasteiger partial charge in [-0.25, -0.2) is 9.97 Å². The Morgan fingerprint density at radius 1 is 1.44 bits per heavy atom. The number of hydrogen-bond donors (Lipinski definition) is 4. The second-order valence-corrected chi connectivity index (χ2v) is 6.11. The molecule has 2 aromatic heterocycles. The van der Waals surface area contributed by atoms with E-state index in [0.717, 1.165) is 5.52 Å². The van der Waals surface area contributed by atoms with Crippen molar-refractivity contribution in [2.24, 2.45) is 0 Å². The summed E-state index contributed by atoms with van der Waals surface area (Å²) in [6.45, 7) is 0. The number of nitrogens with one attached hydrogen (secondary N) is 2. The predicted molar refractivity (Wildman–Crippen MR) is 93.6 cm³/mol. The number of nitriles is 1. The van der Waals surface area contributed by atoms with Crippen molar-refractivity contribution in [1.82, 2.24) is 15.0 Å². The number of phenols is 1. The van der Waals surface area contributed by atoms with E-state index in [2.05, 4.69) is 20.3 Å². The molecular weight excluding hydrogens is 342 g/mol. The van der Waals surface area contributed by atoms with Crippen LogP contribution in [0.2, 0.25) is 0 Å². The molecule has 3 rings (SSSR count). The van der Waals surface area contributed by atoms with Gasteiger partial charge in [0.05, 0.1) is 24.3 Å². The number of aromatic nitrogens is 3. The van der Waals surface area contributed by atoms with Crippen molar-refractivity contribution in [3.63, 3.8) is 0 Å². The number of H-pyrrole nitrogens is 1. The van der Waals surface area contributed by atoms with E-state index in [9.17, 15) is 10.2 Å². The Labute approximate surface area is 147 Å². The normalized spacial score (nSPS) is 11.9. The maximum Gasteiger partial charge on any atom is 0.166 e. The summed E-state index contributed by atoms with van der Waals surface area (Å²) in [7, 11) is 1.47. The smallest absolute Gasteiger partial charge is 0.166 e. The summed E-state index contributed by atoms with van der Waals surface area (Å²) in [6.07, 6.45) is 0.707. The van der Waals surface area contributed by atoms with E-state index in [1.54, 1.807) is 24.4 Å². The summed E-state index contributed by atoms with van der Waals surface area (Å²) in [5.41, 5.74) is 2.25. The lowest BCUT2D eigenvalue weighted by Gasteiger charge is -2.14. The number of thioether (sulfide) groups is 1. The fourth-order valence-corrected chi connectivity index (χ4v) is 2.93. The zero-order chi connectivity index (χ0) is 17.8. The van der Waals surface area contributed by atoms with Gasteiger partial charge in [-0.05, 0) is 12.1 Å². The first-order valence-corrected chi connectivity index (χ1v) is 8.28. The Bertz CT molecular complexity index is 937. The first-order valence-electron chi connectivity index (χ1n) is 7.29. The highest BCUT2D eigenvalue weighted by molar-refractivity contribution is 7.99. The van der Waals surface area contributed by atoms with E-state index in [0.29, 0.717) is 33.6 Å². The lowest BCUT2D eigenvalue weighted by Crippen LogP contribution is -2.21. The van der Waals surface area contributed by atoms with Gasteiger partial charge in [0, 0.05) is 23.6 Å². The second kappa shape index (κ2) is 7.29. The summed E-state index contributed by atoms with van der Waals surface area (Å²) < 4.78 is 4.97. The lowest BCUT2D eigenvalue weighted by molar-refractivity contribution is 0.229. The molecule has 0 aliphatic rings. The van der Waals surface area contributed by atoms with Crippen LogP contribution in [-0.2, 0) is 0 Å². The van der Waals surface area contributed by atoms with Crippen LogP contribution in [0.15, 0.2) is 35.6 Å². The zero-order valence-electron chi connectivity index (χ0n) is 13.2. The van der Waals surface area contributed by atoms with Gasteiger partial charge in [-0.15, -0.1) is 0 Å². The highest BCUT2D eigenvalue weighted by Crippen LogP contribution is 2.29. The lowest BCUT2D eigenvalue weighted by atomic mass is 10.2. The quantitative estimate of drug-likeness (QED) is 0.390. The number of ether oxygens (including phenoxy) is 1. The van der Waals surface area contributed by atoms with Crippen molar-refractivity contribution in [3.05, 3.63) is 36.2 Å². The number of fused-ring (bicyclic) bond motifs is 1. The Hall–Kier alpha value is -2.96. The molecule has 1 atom stereocenters. The summed E-state index contributed by atoms with van der Waals surface area (Å²) in [6, 6.07) is 8.35. The van der Waals surface area contributed by atoms with E-state index < -0.39 is 6.23 Å². The molecule has 0 spiro atoms. The van der Waals surface area contributed by atoms with E-state index >= 15 is 0 Å². The monoisotopic (exact) mass is 357 g/mol. The van der Waals surface area contributed by atoms with E-state index in [-0.39, 0.29) is 5.75 Å².